The van der Waals surface area contributed by atoms with Gasteiger partial charge in [0.1, 0.15) is 11.5 Å². The second-order valence-corrected chi connectivity index (χ2v) is 7.78. The number of benzene rings is 1. The zero-order chi connectivity index (χ0) is 24.5. The van der Waals surface area contributed by atoms with Crippen LogP contribution in [0.2, 0.25) is 0 Å². The predicted molar refractivity (Wildman–Crippen MR) is 128 cm³/mol. The molecule has 1 atom stereocenters. The molecule has 1 aliphatic heterocycles. The number of allylic oxidation sites excluding steroid dienone is 3. The summed E-state index contributed by atoms with van der Waals surface area (Å²) < 4.78 is 16.5. The normalized spacial score (nSPS) is 16.0. The highest BCUT2D eigenvalue weighted by atomic mass is 16.5. The topological polar surface area (TPSA) is 102 Å². The fraction of sp³-hybridized carbons (Fsp3) is 0.346. The van der Waals surface area contributed by atoms with Gasteiger partial charge in [-0.25, -0.2) is 9.78 Å². The molecule has 1 aromatic carbocycles. The molecule has 8 heteroatoms. The van der Waals surface area contributed by atoms with Gasteiger partial charge in [-0.3, -0.25) is 4.79 Å². The number of rotatable bonds is 10. The van der Waals surface area contributed by atoms with Crippen molar-refractivity contribution in [3.8, 4) is 5.75 Å². The third-order valence-corrected chi connectivity index (χ3v) is 5.45. The number of carbonyl (C=O) groups excluding carboxylic acids is 1. The molecule has 0 spiro atoms. The number of nitrogens with zero attached hydrogens (tertiary/aromatic N) is 2. The van der Waals surface area contributed by atoms with Crippen molar-refractivity contribution in [3.63, 3.8) is 0 Å². The maximum atomic E-state index is 12.6. The number of aryl methyl sites for hydroxylation is 1. The summed E-state index contributed by atoms with van der Waals surface area (Å²) in [7, 11) is 1.62. The Morgan fingerprint density at radius 2 is 2.15 bits per heavy atom. The smallest absolute Gasteiger partial charge is 0.331 e. The largest absolute Gasteiger partial charge is 0.493 e. The lowest BCUT2D eigenvalue weighted by Gasteiger charge is -2.34. The summed E-state index contributed by atoms with van der Waals surface area (Å²) in [5.41, 5.74) is 2.27. The Morgan fingerprint density at radius 3 is 2.88 bits per heavy atom. The zero-order valence-corrected chi connectivity index (χ0v) is 19.7. The van der Waals surface area contributed by atoms with E-state index in [1.165, 1.54) is 11.0 Å². The van der Waals surface area contributed by atoms with E-state index in [-0.39, 0.29) is 5.91 Å². The van der Waals surface area contributed by atoms with Gasteiger partial charge in [0.2, 0.25) is 11.8 Å². The molecule has 0 fully saturated rings. The Labute approximate surface area is 199 Å². The fourth-order valence-electron chi connectivity index (χ4n) is 3.80. The van der Waals surface area contributed by atoms with Crippen LogP contribution < -0.4 is 4.74 Å². The van der Waals surface area contributed by atoms with Crippen molar-refractivity contribution < 1.29 is 28.6 Å². The number of carbonyl (C=O) groups is 2. The quantitative estimate of drug-likeness (QED) is 0.418. The van der Waals surface area contributed by atoms with Crippen LogP contribution >= 0.6 is 0 Å². The minimum absolute atomic E-state index is 0.334. The molecule has 0 saturated carbocycles. The molecule has 1 N–H and O–H groups in total. The van der Waals surface area contributed by atoms with Gasteiger partial charge in [0.05, 0.1) is 18.9 Å². The first-order chi connectivity index (χ1) is 16.4. The van der Waals surface area contributed by atoms with Crippen LogP contribution in [0.3, 0.4) is 0 Å². The van der Waals surface area contributed by atoms with E-state index in [0.29, 0.717) is 49.8 Å². The monoisotopic (exact) mass is 466 g/mol. The van der Waals surface area contributed by atoms with Crippen molar-refractivity contribution in [1.82, 2.24) is 9.88 Å². The first kappa shape index (κ1) is 25.0. The second kappa shape index (κ2) is 12.0. The number of hydrogen-bond donors (Lipinski definition) is 1. The minimum atomic E-state index is -1.07. The molecule has 2 aromatic rings. The van der Waals surface area contributed by atoms with Crippen LogP contribution in [-0.4, -0.2) is 53.7 Å². The predicted octanol–water partition coefficient (Wildman–Crippen LogP) is 3.91. The first-order valence-corrected chi connectivity index (χ1v) is 11.1. The number of aromatic nitrogens is 1. The van der Waals surface area contributed by atoms with Gasteiger partial charge >= 0.3 is 5.97 Å². The molecule has 3 rings (SSSR count). The summed E-state index contributed by atoms with van der Waals surface area (Å²) in [4.78, 5) is 30.5. The average molecular weight is 467 g/mol. The molecule has 0 bridgehead atoms. The van der Waals surface area contributed by atoms with Crippen LogP contribution in [0.1, 0.15) is 41.4 Å². The lowest BCUT2D eigenvalue weighted by Crippen LogP contribution is -2.42. The van der Waals surface area contributed by atoms with Crippen molar-refractivity contribution >= 4 is 18.0 Å². The zero-order valence-electron chi connectivity index (χ0n) is 19.7. The lowest BCUT2D eigenvalue weighted by atomic mass is 9.92. The van der Waals surface area contributed by atoms with Gasteiger partial charge in [-0.1, -0.05) is 30.4 Å². The number of oxazole rings is 1. The van der Waals surface area contributed by atoms with Gasteiger partial charge in [-0.15, -0.1) is 0 Å². The fourth-order valence-corrected chi connectivity index (χ4v) is 3.80. The van der Waals surface area contributed by atoms with E-state index < -0.39 is 12.0 Å². The Bertz CT molecular complexity index is 1100. The van der Waals surface area contributed by atoms with E-state index in [1.54, 1.807) is 37.5 Å². The Hall–Kier alpha value is -3.65. The van der Waals surface area contributed by atoms with Gasteiger partial charge < -0.3 is 23.9 Å². The number of ether oxygens (including phenoxy) is 2. The Kier molecular flexibility index (Phi) is 8.81. The average Bonchev–Trinajstić information content (AvgIpc) is 3.17. The molecule has 2 heterocycles. The van der Waals surface area contributed by atoms with E-state index >= 15 is 0 Å². The molecular formula is C26H30N2O6. The summed E-state index contributed by atoms with van der Waals surface area (Å²) in [6.07, 6.45) is 11.2. The van der Waals surface area contributed by atoms with Crippen molar-refractivity contribution in [2.75, 3.05) is 26.9 Å². The Morgan fingerprint density at radius 1 is 1.32 bits per heavy atom. The van der Waals surface area contributed by atoms with Gasteiger partial charge in [0.15, 0.2) is 6.04 Å². The van der Waals surface area contributed by atoms with Gasteiger partial charge in [0.25, 0.3) is 0 Å². The molecule has 0 aliphatic carbocycles. The molecule has 8 nitrogen and oxygen atoms in total. The molecule has 0 saturated heterocycles. The summed E-state index contributed by atoms with van der Waals surface area (Å²) >= 11 is 0. The number of amides is 1. The number of hydrogen-bond acceptors (Lipinski definition) is 6. The van der Waals surface area contributed by atoms with Crippen molar-refractivity contribution in [2.45, 2.75) is 32.7 Å². The van der Waals surface area contributed by atoms with Crippen molar-refractivity contribution in [1.29, 1.82) is 0 Å². The highest BCUT2D eigenvalue weighted by Gasteiger charge is 2.35. The SMILES string of the molecule is CC=CC=CC(=O)N1CCc2ccc(OCCc3nc(C=CCOC)oc3C)cc2C1C(=O)O. The van der Waals surface area contributed by atoms with E-state index in [1.807, 2.05) is 32.1 Å². The molecule has 1 unspecified atom stereocenters. The lowest BCUT2D eigenvalue weighted by molar-refractivity contribution is -0.149. The third kappa shape index (κ3) is 6.23. The van der Waals surface area contributed by atoms with E-state index in [2.05, 4.69) is 4.98 Å². The number of carboxylic acid groups (broad SMARTS) is 1. The van der Waals surface area contributed by atoms with Gasteiger partial charge in [-0.2, -0.15) is 0 Å². The van der Waals surface area contributed by atoms with E-state index in [0.717, 1.165) is 17.0 Å². The van der Waals surface area contributed by atoms with Gasteiger partial charge in [-0.05, 0) is 49.6 Å². The number of fused-ring (bicyclic) bond motifs is 1. The van der Waals surface area contributed by atoms with Crippen LogP contribution in [0, 0.1) is 6.92 Å². The summed E-state index contributed by atoms with van der Waals surface area (Å²) in [6, 6.07) is 4.36. The van der Waals surface area contributed by atoms with E-state index in [9.17, 15) is 14.7 Å². The third-order valence-electron chi connectivity index (χ3n) is 5.45. The molecular weight excluding hydrogens is 436 g/mol. The summed E-state index contributed by atoms with van der Waals surface area (Å²) in [6.45, 7) is 4.86. The van der Waals surface area contributed by atoms with Crippen LogP contribution in [0.25, 0.3) is 6.08 Å². The highest BCUT2D eigenvalue weighted by Crippen LogP contribution is 2.33. The van der Waals surface area contributed by atoms with Crippen molar-refractivity contribution in [2.24, 2.45) is 0 Å². The molecule has 34 heavy (non-hydrogen) atoms. The van der Waals surface area contributed by atoms with Gasteiger partial charge in [0, 0.05) is 26.2 Å². The molecule has 180 valence electrons. The summed E-state index contributed by atoms with van der Waals surface area (Å²) in [5.74, 6) is 0.371. The Balaban J connectivity index is 1.70. The maximum absolute atomic E-state index is 12.6. The first-order valence-electron chi connectivity index (χ1n) is 11.1. The standard InChI is InChI=1S/C26H30N2O6/c1-4-5-6-9-24(29)28-14-12-19-10-11-20(17-21(19)25(28)26(30)31)33-16-13-22-18(2)34-23(27-22)8-7-15-32-3/h4-11,17,25H,12-16H2,1-3H3,(H,30,31). The summed E-state index contributed by atoms with van der Waals surface area (Å²) in [5, 5.41) is 9.90. The van der Waals surface area contributed by atoms with E-state index in [4.69, 9.17) is 13.9 Å². The van der Waals surface area contributed by atoms with Crippen LogP contribution in [0.4, 0.5) is 0 Å². The molecule has 1 amide bonds. The highest BCUT2D eigenvalue weighted by molar-refractivity contribution is 5.92. The number of methoxy groups -OCH3 is 1. The minimum Gasteiger partial charge on any atom is -0.493 e. The second-order valence-electron chi connectivity index (χ2n) is 7.78. The van der Waals surface area contributed by atoms with Crippen LogP contribution in [0.15, 0.2) is 53.0 Å². The maximum Gasteiger partial charge on any atom is 0.331 e. The van der Waals surface area contributed by atoms with Crippen LogP contribution in [-0.2, 0) is 27.2 Å². The number of carboxylic acids is 1. The molecule has 0 radical (unpaired) electrons. The number of aliphatic carboxylic acids is 1. The molecule has 1 aromatic heterocycles. The molecule has 1 aliphatic rings. The van der Waals surface area contributed by atoms with Crippen LogP contribution in [0.5, 0.6) is 5.75 Å². The van der Waals surface area contributed by atoms with Crippen molar-refractivity contribution in [3.05, 3.63) is 77.1 Å².